The Hall–Kier alpha value is -0.650. The molecule has 0 spiro atoms. The van der Waals surface area contributed by atoms with Gasteiger partial charge in [-0.05, 0) is 6.92 Å². The SMILES string of the molecule is CC(C(=N)N)N1CCOCC1CO. The highest BCUT2D eigenvalue weighted by Crippen LogP contribution is 2.10. The van der Waals surface area contributed by atoms with E-state index in [9.17, 15) is 0 Å². The molecule has 4 N–H and O–H groups in total. The smallest absolute Gasteiger partial charge is 0.108 e. The van der Waals surface area contributed by atoms with E-state index in [-0.39, 0.29) is 24.5 Å². The Labute approximate surface area is 78.0 Å². The van der Waals surface area contributed by atoms with Gasteiger partial charge in [0.25, 0.3) is 0 Å². The first kappa shape index (κ1) is 10.4. The fourth-order valence-corrected chi connectivity index (χ4v) is 1.51. The number of hydrogen-bond acceptors (Lipinski definition) is 4. The van der Waals surface area contributed by atoms with Crippen LogP contribution in [-0.2, 0) is 4.74 Å². The Morgan fingerprint density at radius 1 is 1.85 bits per heavy atom. The summed E-state index contributed by atoms with van der Waals surface area (Å²) in [5.41, 5.74) is 5.40. The lowest BCUT2D eigenvalue weighted by atomic mass is 10.1. The summed E-state index contributed by atoms with van der Waals surface area (Å²) in [6.45, 7) is 3.82. The number of aliphatic hydroxyl groups is 1. The number of amidine groups is 1. The van der Waals surface area contributed by atoms with E-state index in [1.165, 1.54) is 0 Å². The molecule has 5 nitrogen and oxygen atoms in total. The molecule has 0 bridgehead atoms. The van der Waals surface area contributed by atoms with Gasteiger partial charge in [0.05, 0.1) is 31.9 Å². The van der Waals surface area contributed by atoms with Gasteiger partial charge in [-0.2, -0.15) is 0 Å². The minimum Gasteiger partial charge on any atom is -0.395 e. The predicted molar refractivity (Wildman–Crippen MR) is 49.8 cm³/mol. The van der Waals surface area contributed by atoms with E-state index in [0.717, 1.165) is 6.54 Å². The highest BCUT2D eigenvalue weighted by atomic mass is 16.5. The lowest BCUT2D eigenvalue weighted by Gasteiger charge is -2.38. The topological polar surface area (TPSA) is 82.6 Å². The summed E-state index contributed by atoms with van der Waals surface area (Å²) in [5.74, 6) is 0.139. The van der Waals surface area contributed by atoms with E-state index in [1.54, 1.807) is 0 Å². The van der Waals surface area contributed by atoms with Crippen molar-refractivity contribution in [2.45, 2.75) is 19.0 Å². The molecule has 0 aromatic carbocycles. The second kappa shape index (κ2) is 4.55. The summed E-state index contributed by atoms with van der Waals surface area (Å²) >= 11 is 0. The molecule has 1 saturated heterocycles. The summed E-state index contributed by atoms with van der Waals surface area (Å²) in [7, 11) is 0. The zero-order valence-corrected chi connectivity index (χ0v) is 7.86. The zero-order valence-electron chi connectivity index (χ0n) is 7.86. The van der Waals surface area contributed by atoms with Crippen molar-refractivity contribution in [2.24, 2.45) is 5.73 Å². The third-order valence-corrected chi connectivity index (χ3v) is 2.43. The minimum atomic E-state index is -0.110. The molecule has 13 heavy (non-hydrogen) atoms. The maximum absolute atomic E-state index is 9.06. The second-order valence-electron chi connectivity index (χ2n) is 3.28. The Morgan fingerprint density at radius 2 is 2.54 bits per heavy atom. The van der Waals surface area contributed by atoms with Crippen LogP contribution in [-0.4, -0.2) is 54.3 Å². The van der Waals surface area contributed by atoms with Gasteiger partial charge in [0.15, 0.2) is 0 Å². The third-order valence-electron chi connectivity index (χ3n) is 2.43. The molecular weight excluding hydrogens is 170 g/mol. The van der Waals surface area contributed by atoms with E-state index >= 15 is 0 Å². The molecular formula is C8H17N3O2. The normalized spacial score (nSPS) is 27.1. The molecule has 1 aliphatic heterocycles. The number of ether oxygens (including phenoxy) is 1. The fourth-order valence-electron chi connectivity index (χ4n) is 1.51. The largest absolute Gasteiger partial charge is 0.395 e. The van der Waals surface area contributed by atoms with Crippen molar-refractivity contribution in [3.8, 4) is 0 Å². The lowest BCUT2D eigenvalue weighted by Crippen LogP contribution is -2.55. The third kappa shape index (κ3) is 2.40. The standard InChI is InChI=1S/C8H17N3O2/c1-6(8(9)10)11-2-3-13-5-7(11)4-12/h6-7,12H,2-5H2,1H3,(H3,9,10). The van der Waals surface area contributed by atoms with Crippen molar-refractivity contribution in [2.75, 3.05) is 26.4 Å². The van der Waals surface area contributed by atoms with Crippen molar-refractivity contribution < 1.29 is 9.84 Å². The average molecular weight is 187 g/mol. The first-order valence-electron chi connectivity index (χ1n) is 4.45. The second-order valence-corrected chi connectivity index (χ2v) is 3.28. The highest BCUT2D eigenvalue weighted by Gasteiger charge is 2.27. The van der Waals surface area contributed by atoms with Crippen molar-refractivity contribution in [3.63, 3.8) is 0 Å². The van der Waals surface area contributed by atoms with Crippen molar-refractivity contribution in [1.29, 1.82) is 5.41 Å². The maximum Gasteiger partial charge on any atom is 0.108 e. The Balaban J connectivity index is 2.58. The van der Waals surface area contributed by atoms with Crippen LogP contribution < -0.4 is 5.73 Å². The molecule has 2 unspecified atom stereocenters. The quantitative estimate of drug-likeness (QED) is 0.391. The lowest BCUT2D eigenvalue weighted by molar-refractivity contribution is -0.0336. The van der Waals surface area contributed by atoms with Gasteiger partial charge in [-0.15, -0.1) is 0 Å². The first-order valence-corrected chi connectivity index (χ1v) is 4.45. The van der Waals surface area contributed by atoms with Gasteiger partial charge >= 0.3 is 0 Å². The van der Waals surface area contributed by atoms with Gasteiger partial charge in [0.2, 0.25) is 0 Å². The number of nitrogens with two attached hydrogens (primary N) is 1. The number of aliphatic hydroxyl groups excluding tert-OH is 1. The summed E-state index contributed by atoms with van der Waals surface area (Å²) in [6.07, 6.45) is 0. The number of rotatable bonds is 3. The molecule has 1 aliphatic rings. The van der Waals surface area contributed by atoms with Crippen LogP contribution in [0.5, 0.6) is 0 Å². The van der Waals surface area contributed by atoms with Gasteiger partial charge in [-0.25, -0.2) is 0 Å². The summed E-state index contributed by atoms with van der Waals surface area (Å²) in [4.78, 5) is 2.01. The summed E-state index contributed by atoms with van der Waals surface area (Å²) in [6, 6.07) is -0.131. The molecule has 0 aliphatic carbocycles. The molecule has 1 fully saturated rings. The number of hydrogen-bond donors (Lipinski definition) is 3. The maximum atomic E-state index is 9.06. The number of nitrogens with zero attached hydrogens (tertiary/aromatic N) is 1. The molecule has 0 saturated carbocycles. The van der Waals surface area contributed by atoms with Gasteiger partial charge < -0.3 is 15.6 Å². The summed E-state index contributed by atoms with van der Waals surface area (Å²) in [5, 5.41) is 16.4. The van der Waals surface area contributed by atoms with E-state index in [4.69, 9.17) is 21.0 Å². The van der Waals surface area contributed by atoms with Crippen molar-refractivity contribution >= 4 is 5.84 Å². The van der Waals surface area contributed by atoms with Gasteiger partial charge in [-0.3, -0.25) is 10.3 Å². The van der Waals surface area contributed by atoms with Gasteiger partial charge in [0, 0.05) is 6.54 Å². The van der Waals surface area contributed by atoms with Crippen LogP contribution in [0.2, 0.25) is 0 Å². The molecule has 2 atom stereocenters. The highest BCUT2D eigenvalue weighted by molar-refractivity contribution is 5.82. The average Bonchev–Trinajstić information content (AvgIpc) is 2.16. The van der Waals surface area contributed by atoms with Crippen LogP contribution in [0.3, 0.4) is 0 Å². The van der Waals surface area contributed by atoms with Crippen LogP contribution in [0.25, 0.3) is 0 Å². The Morgan fingerprint density at radius 3 is 3.08 bits per heavy atom. The molecule has 0 amide bonds. The van der Waals surface area contributed by atoms with Crippen LogP contribution in [0.4, 0.5) is 0 Å². The number of nitrogens with one attached hydrogen (secondary N) is 1. The molecule has 0 radical (unpaired) electrons. The van der Waals surface area contributed by atoms with Crippen molar-refractivity contribution in [3.05, 3.63) is 0 Å². The first-order chi connectivity index (χ1) is 6.16. The van der Waals surface area contributed by atoms with Crippen LogP contribution in [0, 0.1) is 5.41 Å². The molecule has 1 rings (SSSR count). The predicted octanol–water partition coefficient (Wildman–Crippen LogP) is -0.996. The Bertz CT molecular complexity index is 186. The van der Waals surface area contributed by atoms with E-state index in [2.05, 4.69) is 0 Å². The molecule has 0 aromatic rings. The minimum absolute atomic E-state index is 0.0207. The van der Waals surface area contributed by atoms with E-state index in [1.807, 2.05) is 11.8 Å². The van der Waals surface area contributed by atoms with Gasteiger partial charge in [0.1, 0.15) is 5.84 Å². The monoisotopic (exact) mass is 187 g/mol. The molecule has 1 heterocycles. The summed E-state index contributed by atoms with van der Waals surface area (Å²) < 4.78 is 5.22. The molecule has 0 aromatic heterocycles. The molecule has 76 valence electrons. The van der Waals surface area contributed by atoms with Crippen LogP contribution >= 0.6 is 0 Å². The Kier molecular flexibility index (Phi) is 3.65. The van der Waals surface area contributed by atoms with Crippen LogP contribution in [0.15, 0.2) is 0 Å². The van der Waals surface area contributed by atoms with E-state index < -0.39 is 0 Å². The number of morpholine rings is 1. The fraction of sp³-hybridized carbons (Fsp3) is 0.875. The van der Waals surface area contributed by atoms with Gasteiger partial charge in [-0.1, -0.05) is 0 Å². The van der Waals surface area contributed by atoms with Crippen molar-refractivity contribution in [1.82, 2.24) is 4.90 Å². The van der Waals surface area contributed by atoms with E-state index in [0.29, 0.717) is 13.2 Å². The molecule has 5 heteroatoms. The zero-order chi connectivity index (χ0) is 9.84. The van der Waals surface area contributed by atoms with Crippen LogP contribution in [0.1, 0.15) is 6.92 Å².